The monoisotopic (exact) mass is 330 g/mol. The first kappa shape index (κ1) is 16.6. The van der Waals surface area contributed by atoms with E-state index in [9.17, 15) is 9.18 Å². The van der Waals surface area contributed by atoms with Crippen molar-refractivity contribution in [2.75, 3.05) is 33.2 Å². The Kier molecular flexibility index (Phi) is 4.66. The van der Waals surface area contributed by atoms with Crippen molar-refractivity contribution in [2.24, 2.45) is 0 Å². The van der Waals surface area contributed by atoms with Crippen molar-refractivity contribution >= 4 is 5.91 Å². The van der Waals surface area contributed by atoms with Crippen LogP contribution in [0.15, 0.2) is 24.3 Å². The van der Waals surface area contributed by atoms with Gasteiger partial charge in [-0.3, -0.25) is 4.79 Å². The molecule has 0 spiro atoms. The molecule has 24 heavy (non-hydrogen) atoms. The van der Waals surface area contributed by atoms with Gasteiger partial charge in [-0.1, -0.05) is 6.92 Å². The van der Waals surface area contributed by atoms with E-state index in [1.54, 1.807) is 16.8 Å². The first-order chi connectivity index (χ1) is 11.5. The van der Waals surface area contributed by atoms with Gasteiger partial charge in [-0.05, 0) is 44.7 Å². The smallest absolute Gasteiger partial charge is 0.257 e. The number of benzene rings is 1. The molecule has 5 nitrogen and oxygen atoms in total. The largest absolute Gasteiger partial charge is 0.336 e. The molecule has 0 saturated carbocycles. The number of aromatic nitrogens is 2. The highest BCUT2D eigenvalue weighted by molar-refractivity contribution is 5.96. The number of halogens is 1. The zero-order chi connectivity index (χ0) is 17.3. The predicted octanol–water partition coefficient (Wildman–Crippen LogP) is 2.27. The van der Waals surface area contributed by atoms with Crippen LogP contribution in [0.5, 0.6) is 0 Å². The topological polar surface area (TPSA) is 41.4 Å². The molecular formula is C18H23FN4O. The number of aryl methyl sites for hydroxylation is 1. The average Bonchev–Trinajstić information content (AvgIpc) is 2.92. The Hall–Kier alpha value is -2.21. The van der Waals surface area contributed by atoms with E-state index in [4.69, 9.17) is 0 Å². The number of carbonyl (C=O) groups excluding carboxylic acids is 1. The van der Waals surface area contributed by atoms with Crippen LogP contribution in [0.4, 0.5) is 4.39 Å². The minimum Gasteiger partial charge on any atom is -0.336 e. The number of likely N-dealkylation sites (N-methyl/N-ethyl adjacent to an activating group) is 1. The van der Waals surface area contributed by atoms with Gasteiger partial charge in [-0.15, -0.1) is 0 Å². The van der Waals surface area contributed by atoms with Crippen LogP contribution in [-0.2, 0) is 6.42 Å². The molecule has 0 unspecified atom stereocenters. The average molecular weight is 330 g/mol. The molecule has 0 radical (unpaired) electrons. The zero-order valence-corrected chi connectivity index (χ0v) is 14.4. The Labute approximate surface area is 141 Å². The second-order valence-corrected chi connectivity index (χ2v) is 6.24. The van der Waals surface area contributed by atoms with E-state index in [-0.39, 0.29) is 11.7 Å². The van der Waals surface area contributed by atoms with E-state index in [2.05, 4.69) is 17.0 Å². The summed E-state index contributed by atoms with van der Waals surface area (Å²) in [4.78, 5) is 17.1. The van der Waals surface area contributed by atoms with Gasteiger partial charge in [0, 0.05) is 26.2 Å². The van der Waals surface area contributed by atoms with E-state index in [1.165, 1.54) is 12.1 Å². The van der Waals surface area contributed by atoms with Crippen LogP contribution in [-0.4, -0.2) is 58.7 Å². The van der Waals surface area contributed by atoms with Gasteiger partial charge >= 0.3 is 0 Å². The van der Waals surface area contributed by atoms with Crippen LogP contribution < -0.4 is 0 Å². The summed E-state index contributed by atoms with van der Waals surface area (Å²) in [5, 5.41) is 4.55. The normalized spacial score (nSPS) is 15.8. The van der Waals surface area contributed by atoms with Crippen molar-refractivity contribution in [2.45, 2.75) is 20.3 Å². The van der Waals surface area contributed by atoms with Gasteiger partial charge in [-0.25, -0.2) is 9.07 Å². The fourth-order valence-corrected chi connectivity index (χ4v) is 3.14. The summed E-state index contributed by atoms with van der Waals surface area (Å²) in [6.45, 7) is 7.12. The first-order valence-corrected chi connectivity index (χ1v) is 8.33. The third-order valence-electron chi connectivity index (χ3n) is 4.57. The van der Waals surface area contributed by atoms with E-state index in [1.807, 2.05) is 18.7 Å². The second kappa shape index (κ2) is 6.73. The maximum absolute atomic E-state index is 13.2. The van der Waals surface area contributed by atoms with E-state index < -0.39 is 0 Å². The highest BCUT2D eigenvalue weighted by Gasteiger charge is 2.27. The molecule has 2 heterocycles. The van der Waals surface area contributed by atoms with Gasteiger partial charge in [0.1, 0.15) is 5.82 Å². The molecule has 3 rings (SSSR count). The zero-order valence-electron chi connectivity index (χ0n) is 14.4. The molecule has 0 bridgehead atoms. The minimum atomic E-state index is -0.283. The van der Waals surface area contributed by atoms with Crippen LogP contribution in [0, 0.1) is 12.7 Å². The Morgan fingerprint density at radius 2 is 1.79 bits per heavy atom. The third kappa shape index (κ3) is 3.06. The summed E-state index contributed by atoms with van der Waals surface area (Å²) >= 11 is 0. The number of amides is 1. The van der Waals surface area contributed by atoms with Crippen molar-refractivity contribution in [3.8, 4) is 5.69 Å². The number of hydrogen-bond acceptors (Lipinski definition) is 3. The molecule has 128 valence electrons. The Morgan fingerprint density at radius 3 is 2.38 bits per heavy atom. The van der Waals surface area contributed by atoms with Gasteiger partial charge in [0.15, 0.2) is 0 Å². The number of hydrogen-bond donors (Lipinski definition) is 0. The molecule has 6 heteroatoms. The lowest BCUT2D eigenvalue weighted by Gasteiger charge is -2.32. The molecule has 0 N–H and O–H groups in total. The number of nitrogens with zero attached hydrogens (tertiary/aromatic N) is 4. The molecule has 0 aliphatic carbocycles. The maximum Gasteiger partial charge on any atom is 0.257 e. The Balaban J connectivity index is 1.96. The Bertz CT molecular complexity index is 730. The van der Waals surface area contributed by atoms with Gasteiger partial charge < -0.3 is 9.80 Å². The SMILES string of the molecule is CCc1c(C(=O)N2CCN(C)CC2)c(C)nn1-c1ccc(F)cc1. The fraction of sp³-hybridized carbons (Fsp3) is 0.444. The predicted molar refractivity (Wildman–Crippen MR) is 91.0 cm³/mol. The molecule has 1 amide bonds. The number of rotatable bonds is 3. The van der Waals surface area contributed by atoms with Gasteiger partial charge in [-0.2, -0.15) is 5.10 Å². The molecule has 1 saturated heterocycles. The fourth-order valence-electron chi connectivity index (χ4n) is 3.14. The molecule has 1 fully saturated rings. The summed E-state index contributed by atoms with van der Waals surface area (Å²) < 4.78 is 14.9. The molecule has 0 atom stereocenters. The van der Waals surface area contributed by atoms with Crippen molar-refractivity contribution in [1.29, 1.82) is 0 Å². The van der Waals surface area contributed by atoms with Crippen molar-refractivity contribution in [3.63, 3.8) is 0 Å². The van der Waals surface area contributed by atoms with Crippen molar-refractivity contribution in [1.82, 2.24) is 19.6 Å². The van der Waals surface area contributed by atoms with Gasteiger partial charge in [0.05, 0.1) is 22.6 Å². The molecule has 1 aliphatic heterocycles. The highest BCUT2D eigenvalue weighted by atomic mass is 19.1. The summed E-state index contributed by atoms with van der Waals surface area (Å²) in [6, 6.07) is 6.19. The van der Waals surface area contributed by atoms with Crippen LogP contribution in [0.25, 0.3) is 5.69 Å². The molecule has 2 aromatic rings. The lowest BCUT2D eigenvalue weighted by atomic mass is 10.1. The van der Waals surface area contributed by atoms with Crippen LogP contribution in [0.2, 0.25) is 0 Å². The Morgan fingerprint density at radius 1 is 1.17 bits per heavy atom. The van der Waals surface area contributed by atoms with E-state index in [0.717, 1.165) is 43.3 Å². The lowest BCUT2D eigenvalue weighted by Crippen LogP contribution is -2.47. The molecule has 1 aliphatic rings. The first-order valence-electron chi connectivity index (χ1n) is 8.33. The molecule has 1 aromatic carbocycles. The highest BCUT2D eigenvalue weighted by Crippen LogP contribution is 2.22. The third-order valence-corrected chi connectivity index (χ3v) is 4.57. The van der Waals surface area contributed by atoms with Crippen LogP contribution >= 0.6 is 0 Å². The van der Waals surface area contributed by atoms with Gasteiger partial charge in [0.25, 0.3) is 5.91 Å². The molecular weight excluding hydrogens is 307 g/mol. The number of carbonyl (C=O) groups is 1. The quantitative estimate of drug-likeness (QED) is 0.867. The molecule has 1 aromatic heterocycles. The van der Waals surface area contributed by atoms with Crippen LogP contribution in [0.3, 0.4) is 0 Å². The lowest BCUT2D eigenvalue weighted by molar-refractivity contribution is 0.0662. The van der Waals surface area contributed by atoms with E-state index >= 15 is 0 Å². The maximum atomic E-state index is 13.2. The summed E-state index contributed by atoms with van der Waals surface area (Å²) in [6.07, 6.45) is 0.688. The van der Waals surface area contributed by atoms with Crippen molar-refractivity contribution in [3.05, 3.63) is 47.0 Å². The standard InChI is InChI=1S/C18H23FN4O/c1-4-16-17(18(24)22-11-9-21(3)10-12-22)13(2)20-23(16)15-7-5-14(19)6-8-15/h5-8H,4,9-12H2,1-3H3. The second-order valence-electron chi connectivity index (χ2n) is 6.24. The minimum absolute atomic E-state index is 0.0470. The van der Waals surface area contributed by atoms with Crippen molar-refractivity contribution < 1.29 is 9.18 Å². The summed E-state index contributed by atoms with van der Waals surface area (Å²) in [5.74, 6) is -0.236. The summed E-state index contributed by atoms with van der Waals surface area (Å²) in [5.41, 5.74) is 3.06. The van der Waals surface area contributed by atoms with Crippen LogP contribution in [0.1, 0.15) is 28.7 Å². The van der Waals surface area contributed by atoms with Gasteiger partial charge in [0.2, 0.25) is 0 Å². The number of piperazine rings is 1. The van der Waals surface area contributed by atoms with E-state index in [0.29, 0.717) is 12.0 Å². The summed E-state index contributed by atoms with van der Waals surface area (Å²) in [7, 11) is 2.07.